The van der Waals surface area contributed by atoms with Gasteiger partial charge in [-0.2, -0.15) is 0 Å². The maximum atomic E-state index is 12.7. The molecule has 40 heavy (non-hydrogen) atoms. The SMILES string of the molecule is COc1cc2cc(CNc3ccc(Nc4nccc(-c5ccc6ccccc6c5)n4)cc3)c(=O)[nH]c2cc1OC. The van der Waals surface area contributed by atoms with Crippen molar-refractivity contribution in [1.29, 1.82) is 0 Å². The van der Waals surface area contributed by atoms with Crippen molar-refractivity contribution >= 4 is 39.0 Å². The fourth-order valence-corrected chi connectivity index (χ4v) is 4.64. The Balaban J connectivity index is 1.14. The van der Waals surface area contributed by atoms with Gasteiger partial charge in [0.2, 0.25) is 5.95 Å². The molecule has 0 aliphatic carbocycles. The summed E-state index contributed by atoms with van der Waals surface area (Å²) in [7, 11) is 3.15. The van der Waals surface area contributed by atoms with Crippen LogP contribution in [0.2, 0.25) is 0 Å². The predicted octanol–water partition coefficient (Wildman–Crippen LogP) is 6.51. The molecule has 0 fully saturated rings. The number of ether oxygens (including phenoxy) is 2. The summed E-state index contributed by atoms with van der Waals surface area (Å²) in [4.78, 5) is 24.7. The number of aromatic amines is 1. The second-order valence-electron chi connectivity index (χ2n) is 9.30. The first-order chi connectivity index (χ1) is 19.6. The third kappa shape index (κ3) is 5.15. The average molecular weight is 530 g/mol. The van der Waals surface area contributed by atoms with Crippen LogP contribution in [-0.2, 0) is 6.54 Å². The zero-order valence-corrected chi connectivity index (χ0v) is 22.1. The van der Waals surface area contributed by atoms with Crippen molar-refractivity contribution in [3.8, 4) is 22.8 Å². The molecule has 3 N–H and O–H groups in total. The summed E-state index contributed by atoms with van der Waals surface area (Å²) < 4.78 is 10.7. The number of hydrogen-bond acceptors (Lipinski definition) is 7. The van der Waals surface area contributed by atoms with E-state index in [1.165, 1.54) is 10.8 Å². The van der Waals surface area contributed by atoms with Crippen LogP contribution in [0.1, 0.15) is 5.56 Å². The zero-order valence-electron chi connectivity index (χ0n) is 22.1. The average Bonchev–Trinajstić information content (AvgIpc) is 3.00. The maximum absolute atomic E-state index is 12.7. The van der Waals surface area contributed by atoms with Gasteiger partial charge in [0.25, 0.3) is 5.56 Å². The number of fused-ring (bicyclic) bond motifs is 2. The fourth-order valence-electron chi connectivity index (χ4n) is 4.64. The van der Waals surface area contributed by atoms with E-state index in [1.807, 2.05) is 54.6 Å². The van der Waals surface area contributed by atoms with Crippen molar-refractivity contribution in [1.82, 2.24) is 15.0 Å². The molecule has 0 atom stereocenters. The van der Waals surface area contributed by atoms with Gasteiger partial charge in [0.1, 0.15) is 0 Å². The molecule has 0 aliphatic rings. The van der Waals surface area contributed by atoms with Gasteiger partial charge in [-0.1, -0.05) is 36.4 Å². The lowest BCUT2D eigenvalue weighted by Gasteiger charge is -2.11. The number of rotatable bonds is 8. The third-order valence-electron chi connectivity index (χ3n) is 6.75. The van der Waals surface area contributed by atoms with E-state index >= 15 is 0 Å². The number of benzene rings is 4. The minimum atomic E-state index is -0.158. The van der Waals surface area contributed by atoms with Crippen LogP contribution in [0.5, 0.6) is 11.5 Å². The highest BCUT2D eigenvalue weighted by Gasteiger charge is 2.10. The van der Waals surface area contributed by atoms with E-state index in [4.69, 9.17) is 14.5 Å². The highest BCUT2D eigenvalue weighted by Crippen LogP contribution is 2.31. The van der Waals surface area contributed by atoms with Crippen molar-refractivity contribution in [2.45, 2.75) is 6.54 Å². The fraction of sp³-hybridized carbons (Fsp3) is 0.0938. The van der Waals surface area contributed by atoms with Gasteiger partial charge in [0.05, 0.1) is 25.4 Å². The van der Waals surface area contributed by atoms with E-state index < -0.39 is 0 Å². The molecule has 6 rings (SSSR count). The number of nitrogens with zero attached hydrogens (tertiary/aromatic N) is 2. The van der Waals surface area contributed by atoms with E-state index in [9.17, 15) is 4.79 Å². The topological polar surface area (TPSA) is 101 Å². The largest absolute Gasteiger partial charge is 0.493 e. The second-order valence-corrected chi connectivity index (χ2v) is 9.30. The highest BCUT2D eigenvalue weighted by atomic mass is 16.5. The molecule has 8 nitrogen and oxygen atoms in total. The van der Waals surface area contributed by atoms with Crippen LogP contribution < -0.4 is 25.7 Å². The Morgan fingerprint density at radius 2 is 1.52 bits per heavy atom. The van der Waals surface area contributed by atoms with Crippen LogP contribution >= 0.6 is 0 Å². The van der Waals surface area contributed by atoms with Gasteiger partial charge in [-0.25, -0.2) is 9.97 Å². The molecule has 0 saturated carbocycles. The highest BCUT2D eigenvalue weighted by molar-refractivity contribution is 5.87. The van der Waals surface area contributed by atoms with E-state index in [2.05, 4.69) is 50.9 Å². The second kappa shape index (κ2) is 10.8. The summed E-state index contributed by atoms with van der Waals surface area (Å²) in [5.41, 5.74) is 4.75. The molecule has 6 aromatic rings. The molecular formula is C32H27N5O3. The van der Waals surface area contributed by atoms with Gasteiger partial charge < -0.3 is 25.1 Å². The van der Waals surface area contributed by atoms with Crippen molar-refractivity contribution < 1.29 is 9.47 Å². The first-order valence-corrected chi connectivity index (χ1v) is 12.8. The van der Waals surface area contributed by atoms with Gasteiger partial charge in [-0.3, -0.25) is 4.79 Å². The Kier molecular flexibility index (Phi) is 6.72. The first-order valence-electron chi connectivity index (χ1n) is 12.8. The molecule has 2 aromatic heterocycles. The lowest BCUT2D eigenvalue weighted by Crippen LogP contribution is -2.15. The Morgan fingerprint density at radius 1 is 0.775 bits per heavy atom. The number of anilines is 3. The standard InChI is InChI=1S/C32H27N5O3/c1-39-29-17-23-16-24(31(38)36-28(23)18-30(29)40-2)19-34-25-9-11-26(12-10-25)35-32-33-14-13-27(37-32)22-8-7-20-5-3-4-6-21(20)15-22/h3-18,34H,19H2,1-2H3,(H,36,38)(H,33,35,37). The Hall–Kier alpha value is -5.37. The minimum absolute atomic E-state index is 0.158. The summed E-state index contributed by atoms with van der Waals surface area (Å²) in [5, 5.41) is 9.82. The Morgan fingerprint density at radius 3 is 2.33 bits per heavy atom. The predicted molar refractivity (Wildman–Crippen MR) is 160 cm³/mol. The Bertz CT molecular complexity index is 1880. The summed E-state index contributed by atoms with van der Waals surface area (Å²) in [6, 6.07) is 29.7. The molecule has 2 heterocycles. The Labute approximate surface area is 230 Å². The van der Waals surface area contributed by atoms with Gasteiger partial charge in [0.15, 0.2) is 11.5 Å². The van der Waals surface area contributed by atoms with Gasteiger partial charge in [-0.05, 0) is 59.3 Å². The molecule has 198 valence electrons. The van der Waals surface area contributed by atoms with Crippen LogP contribution in [0.4, 0.5) is 17.3 Å². The molecule has 0 spiro atoms. The monoisotopic (exact) mass is 529 g/mol. The molecule has 0 amide bonds. The number of pyridine rings is 1. The summed E-state index contributed by atoms with van der Waals surface area (Å²) >= 11 is 0. The molecule has 0 bridgehead atoms. The third-order valence-corrected chi connectivity index (χ3v) is 6.75. The number of H-pyrrole nitrogens is 1. The maximum Gasteiger partial charge on any atom is 0.253 e. The van der Waals surface area contributed by atoms with E-state index in [0.29, 0.717) is 35.1 Å². The molecule has 8 heteroatoms. The molecule has 0 unspecified atom stereocenters. The molecule has 4 aromatic carbocycles. The normalized spacial score (nSPS) is 10.9. The van der Waals surface area contributed by atoms with Crippen LogP contribution in [0.25, 0.3) is 32.9 Å². The summed E-state index contributed by atoms with van der Waals surface area (Å²) in [6.07, 6.45) is 1.75. The number of hydrogen-bond donors (Lipinski definition) is 3. The van der Waals surface area contributed by atoms with Crippen LogP contribution in [0, 0.1) is 0 Å². The molecule has 0 radical (unpaired) electrons. The van der Waals surface area contributed by atoms with Crippen LogP contribution in [-0.4, -0.2) is 29.2 Å². The number of aromatic nitrogens is 3. The van der Waals surface area contributed by atoms with Crippen molar-refractivity contribution in [2.75, 3.05) is 24.9 Å². The molecular weight excluding hydrogens is 502 g/mol. The smallest absolute Gasteiger partial charge is 0.253 e. The first kappa shape index (κ1) is 24.9. The van der Waals surface area contributed by atoms with Gasteiger partial charge in [0, 0.05) is 46.7 Å². The van der Waals surface area contributed by atoms with Crippen molar-refractivity contribution in [3.63, 3.8) is 0 Å². The minimum Gasteiger partial charge on any atom is -0.493 e. The van der Waals surface area contributed by atoms with Gasteiger partial charge in [-0.15, -0.1) is 0 Å². The number of nitrogens with one attached hydrogen (secondary N) is 3. The lowest BCUT2D eigenvalue weighted by atomic mass is 10.1. The van der Waals surface area contributed by atoms with Crippen molar-refractivity contribution in [3.05, 3.63) is 113 Å². The van der Waals surface area contributed by atoms with Gasteiger partial charge >= 0.3 is 0 Å². The summed E-state index contributed by atoms with van der Waals surface area (Å²) in [6.45, 7) is 0.364. The van der Waals surface area contributed by atoms with E-state index in [-0.39, 0.29) is 5.56 Å². The van der Waals surface area contributed by atoms with Crippen LogP contribution in [0.15, 0.2) is 102 Å². The van der Waals surface area contributed by atoms with E-state index in [1.54, 1.807) is 26.5 Å². The lowest BCUT2D eigenvalue weighted by molar-refractivity contribution is 0.356. The van der Waals surface area contributed by atoms with Crippen LogP contribution in [0.3, 0.4) is 0 Å². The summed E-state index contributed by atoms with van der Waals surface area (Å²) in [5.74, 6) is 1.69. The number of methoxy groups -OCH3 is 2. The molecule has 0 aliphatic heterocycles. The van der Waals surface area contributed by atoms with E-state index in [0.717, 1.165) is 28.0 Å². The zero-order chi connectivity index (χ0) is 27.5. The van der Waals surface area contributed by atoms with Crippen molar-refractivity contribution in [2.24, 2.45) is 0 Å². The quantitative estimate of drug-likeness (QED) is 0.207. The molecule has 0 saturated heterocycles.